The zero-order valence-corrected chi connectivity index (χ0v) is 18.5. The Balaban J connectivity index is 1.93. The molecule has 0 bridgehead atoms. The SMILES string of the molecule is COc1ccc(C(=O)Oc2cc(C(C)C)ccc2C)cc1S(=O)(=O)N1CCOCC1. The second-order valence-corrected chi connectivity index (χ2v) is 9.36. The number of ether oxygens (including phenoxy) is 3. The van der Waals surface area contributed by atoms with Crippen molar-refractivity contribution in [3.05, 3.63) is 53.1 Å². The fourth-order valence-electron chi connectivity index (χ4n) is 3.18. The standard InChI is InChI=1S/C22H27NO6S/c1-15(2)17-6-5-16(3)20(13-17)29-22(24)18-7-8-19(27-4)21(14-18)30(25,26)23-9-11-28-12-10-23/h5-8,13-15H,9-12H2,1-4H3. The fraction of sp³-hybridized carbons (Fsp3) is 0.409. The number of carbonyl (C=O) groups is 1. The molecule has 2 aromatic carbocycles. The van der Waals surface area contributed by atoms with E-state index in [4.69, 9.17) is 14.2 Å². The maximum absolute atomic E-state index is 13.1. The van der Waals surface area contributed by atoms with Crippen molar-refractivity contribution >= 4 is 16.0 Å². The first kappa shape index (κ1) is 22.3. The molecule has 0 atom stereocenters. The van der Waals surface area contributed by atoms with Crippen molar-refractivity contribution in [3.63, 3.8) is 0 Å². The highest BCUT2D eigenvalue weighted by atomic mass is 32.2. The van der Waals surface area contributed by atoms with Crippen LogP contribution in [0.2, 0.25) is 0 Å². The summed E-state index contributed by atoms with van der Waals surface area (Å²) in [5.74, 6) is 0.296. The molecule has 0 spiro atoms. The van der Waals surface area contributed by atoms with E-state index in [9.17, 15) is 13.2 Å². The van der Waals surface area contributed by atoms with Crippen LogP contribution in [0.1, 0.15) is 41.3 Å². The first-order valence-corrected chi connectivity index (χ1v) is 11.3. The Morgan fingerprint density at radius 2 is 1.77 bits per heavy atom. The Morgan fingerprint density at radius 1 is 1.07 bits per heavy atom. The van der Waals surface area contributed by atoms with Crippen molar-refractivity contribution in [2.75, 3.05) is 33.4 Å². The summed E-state index contributed by atoms with van der Waals surface area (Å²) in [7, 11) is -2.44. The third-order valence-corrected chi connectivity index (χ3v) is 6.99. The number of nitrogens with zero attached hydrogens (tertiary/aromatic N) is 1. The van der Waals surface area contributed by atoms with Gasteiger partial charge in [-0.15, -0.1) is 0 Å². The Morgan fingerprint density at radius 3 is 2.40 bits per heavy atom. The average Bonchev–Trinajstić information content (AvgIpc) is 2.75. The van der Waals surface area contributed by atoms with Crippen LogP contribution in [0.4, 0.5) is 0 Å². The molecular formula is C22H27NO6S. The quantitative estimate of drug-likeness (QED) is 0.513. The first-order chi connectivity index (χ1) is 14.2. The van der Waals surface area contributed by atoms with Gasteiger partial charge in [-0.2, -0.15) is 4.31 Å². The lowest BCUT2D eigenvalue weighted by molar-refractivity contribution is 0.0726. The van der Waals surface area contributed by atoms with E-state index in [0.717, 1.165) is 11.1 Å². The molecule has 0 amide bonds. The van der Waals surface area contributed by atoms with E-state index in [2.05, 4.69) is 13.8 Å². The zero-order valence-electron chi connectivity index (χ0n) is 17.7. The van der Waals surface area contributed by atoms with Gasteiger partial charge >= 0.3 is 5.97 Å². The van der Waals surface area contributed by atoms with Gasteiger partial charge in [0.2, 0.25) is 10.0 Å². The van der Waals surface area contributed by atoms with Crippen LogP contribution in [0.15, 0.2) is 41.3 Å². The summed E-state index contributed by atoms with van der Waals surface area (Å²) >= 11 is 0. The number of esters is 1. The topological polar surface area (TPSA) is 82.1 Å². The minimum absolute atomic E-state index is 0.0611. The first-order valence-electron chi connectivity index (χ1n) is 9.82. The van der Waals surface area contributed by atoms with Crippen LogP contribution < -0.4 is 9.47 Å². The van der Waals surface area contributed by atoms with Gasteiger partial charge in [-0.1, -0.05) is 26.0 Å². The van der Waals surface area contributed by atoms with Crippen molar-refractivity contribution in [1.82, 2.24) is 4.31 Å². The normalized spacial score (nSPS) is 15.2. The van der Waals surface area contributed by atoms with E-state index >= 15 is 0 Å². The number of hydrogen-bond acceptors (Lipinski definition) is 6. The lowest BCUT2D eigenvalue weighted by Gasteiger charge is -2.26. The van der Waals surface area contributed by atoms with Gasteiger partial charge < -0.3 is 14.2 Å². The van der Waals surface area contributed by atoms with Crippen LogP contribution in [0.25, 0.3) is 0 Å². The van der Waals surface area contributed by atoms with Gasteiger partial charge in [0.05, 0.1) is 25.9 Å². The lowest BCUT2D eigenvalue weighted by Crippen LogP contribution is -2.40. The molecule has 2 aromatic rings. The number of hydrogen-bond donors (Lipinski definition) is 0. The van der Waals surface area contributed by atoms with Gasteiger partial charge in [-0.25, -0.2) is 13.2 Å². The maximum atomic E-state index is 13.1. The molecule has 0 N–H and O–H groups in total. The number of aryl methyl sites for hydroxylation is 1. The van der Waals surface area contributed by atoms with Gasteiger partial charge in [0.1, 0.15) is 16.4 Å². The highest BCUT2D eigenvalue weighted by Gasteiger charge is 2.30. The number of carbonyl (C=O) groups excluding carboxylic acids is 1. The predicted molar refractivity (Wildman–Crippen MR) is 113 cm³/mol. The molecule has 1 aliphatic rings. The van der Waals surface area contributed by atoms with E-state index in [0.29, 0.717) is 19.0 Å². The number of rotatable bonds is 6. The summed E-state index contributed by atoms with van der Waals surface area (Å²) in [4.78, 5) is 12.7. The minimum Gasteiger partial charge on any atom is -0.495 e. The summed E-state index contributed by atoms with van der Waals surface area (Å²) < 4.78 is 43.6. The molecule has 0 aromatic heterocycles. The van der Waals surface area contributed by atoms with Crippen LogP contribution in [-0.2, 0) is 14.8 Å². The molecule has 7 nitrogen and oxygen atoms in total. The number of sulfonamides is 1. The van der Waals surface area contributed by atoms with Crippen LogP contribution in [0, 0.1) is 6.92 Å². The molecule has 0 unspecified atom stereocenters. The third-order valence-electron chi connectivity index (χ3n) is 5.07. The summed E-state index contributed by atoms with van der Waals surface area (Å²) in [5, 5.41) is 0. The largest absolute Gasteiger partial charge is 0.495 e. The second kappa shape index (κ2) is 9.16. The van der Waals surface area contributed by atoms with E-state index < -0.39 is 16.0 Å². The number of morpholine rings is 1. The smallest absolute Gasteiger partial charge is 0.343 e. The van der Waals surface area contributed by atoms with Gasteiger partial charge in [0.25, 0.3) is 0 Å². The van der Waals surface area contributed by atoms with Gasteiger partial charge in [0.15, 0.2) is 0 Å². The molecule has 1 fully saturated rings. The van der Waals surface area contributed by atoms with E-state index in [1.54, 1.807) is 0 Å². The van der Waals surface area contributed by atoms with E-state index in [1.807, 2.05) is 25.1 Å². The Labute approximate surface area is 177 Å². The van der Waals surface area contributed by atoms with Gasteiger partial charge in [0, 0.05) is 13.1 Å². The summed E-state index contributed by atoms with van der Waals surface area (Å²) in [6.45, 7) is 7.13. The van der Waals surface area contributed by atoms with Crippen LogP contribution in [0.5, 0.6) is 11.5 Å². The number of methoxy groups -OCH3 is 1. The van der Waals surface area contributed by atoms with Crippen molar-refractivity contribution in [2.24, 2.45) is 0 Å². The summed E-state index contributed by atoms with van der Waals surface area (Å²) in [6, 6.07) is 10.0. The average molecular weight is 434 g/mol. The minimum atomic E-state index is -3.84. The highest BCUT2D eigenvalue weighted by molar-refractivity contribution is 7.89. The molecule has 162 valence electrons. The van der Waals surface area contributed by atoms with E-state index in [1.165, 1.54) is 29.6 Å². The second-order valence-electron chi connectivity index (χ2n) is 7.45. The molecule has 1 saturated heterocycles. The Kier molecular flexibility index (Phi) is 6.80. The fourth-order valence-corrected chi connectivity index (χ4v) is 4.77. The molecule has 1 aliphatic heterocycles. The molecule has 30 heavy (non-hydrogen) atoms. The van der Waals surface area contributed by atoms with Crippen molar-refractivity contribution in [3.8, 4) is 11.5 Å². The van der Waals surface area contributed by atoms with Gasteiger partial charge in [-0.3, -0.25) is 0 Å². The maximum Gasteiger partial charge on any atom is 0.343 e. The summed E-state index contributed by atoms with van der Waals surface area (Å²) in [6.07, 6.45) is 0. The summed E-state index contributed by atoms with van der Waals surface area (Å²) in [5.41, 5.74) is 2.01. The molecule has 8 heteroatoms. The molecule has 0 aliphatic carbocycles. The monoisotopic (exact) mass is 433 g/mol. The van der Waals surface area contributed by atoms with Crippen LogP contribution in [0.3, 0.4) is 0 Å². The van der Waals surface area contributed by atoms with Crippen LogP contribution >= 0.6 is 0 Å². The third kappa shape index (κ3) is 4.66. The number of benzene rings is 2. The van der Waals surface area contributed by atoms with Crippen molar-refractivity contribution in [1.29, 1.82) is 0 Å². The molecule has 0 saturated carbocycles. The molecular weight excluding hydrogens is 406 g/mol. The van der Waals surface area contributed by atoms with E-state index in [-0.39, 0.29) is 35.2 Å². The highest BCUT2D eigenvalue weighted by Crippen LogP contribution is 2.30. The van der Waals surface area contributed by atoms with Crippen molar-refractivity contribution < 1.29 is 27.4 Å². The zero-order chi connectivity index (χ0) is 21.9. The van der Waals surface area contributed by atoms with Crippen molar-refractivity contribution in [2.45, 2.75) is 31.6 Å². The molecule has 0 radical (unpaired) electrons. The lowest BCUT2D eigenvalue weighted by atomic mass is 10.0. The predicted octanol–water partition coefficient (Wildman–Crippen LogP) is 3.37. The Hall–Kier alpha value is -2.42. The molecule has 3 rings (SSSR count). The Bertz CT molecular complexity index is 1030. The molecule has 1 heterocycles. The van der Waals surface area contributed by atoms with Gasteiger partial charge in [-0.05, 0) is 48.2 Å². The van der Waals surface area contributed by atoms with Crippen LogP contribution in [-0.4, -0.2) is 52.1 Å².